The van der Waals surface area contributed by atoms with E-state index in [1.807, 2.05) is 0 Å². The molecule has 1 heterocycles. The first kappa shape index (κ1) is 8.04. The van der Waals surface area contributed by atoms with Crippen LogP contribution in [0.5, 0.6) is 0 Å². The number of hydrogen-bond donors (Lipinski definition) is 1. The highest BCUT2D eigenvalue weighted by Crippen LogP contribution is 2.28. The molecule has 0 radical (unpaired) electrons. The summed E-state index contributed by atoms with van der Waals surface area (Å²) in [5, 5.41) is 8.76. The third-order valence-corrected chi connectivity index (χ3v) is 2.17. The molecule has 1 amide bonds. The van der Waals surface area contributed by atoms with E-state index in [9.17, 15) is 9.18 Å². The zero-order chi connectivity index (χ0) is 9.42. The number of halogens is 1. The fourth-order valence-corrected chi connectivity index (χ4v) is 1.57. The van der Waals surface area contributed by atoms with Crippen molar-refractivity contribution >= 4 is 11.8 Å². The maximum Gasteiger partial charge on any atom is 0.411 e. The lowest BCUT2D eigenvalue weighted by Crippen LogP contribution is -2.26. The summed E-state index contributed by atoms with van der Waals surface area (Å²) in [7, 11) is 0. The quantitative estimate of drug-likeness (QED) is 0.663. The van der Waals surface area contributed by atoms with E-state index in [0.29, 0.717) is 18.7 Å². The van der Waals surface area contributed by atoms with E-state index < -0.39 is 6.09 Å². The van der Waals surface area contributed by atoms with Crippen LogP contribution in [-0.4, -0.2) is 17.7 Å². The van der Waals surface area contributed by atoms with Gasteiger partial charge in [0.1, 0.15) is 5.82 Å². The van der Waals surface area contributed by atoms with Crippen molar-refractivity contribution in [1.29, 1.82) is 0 Å². The number of nitrogens with zero attached hydrogens (tertiary/aromatic N) is 1. The average molecular weight is 181 g/mol. The summed E-state index contributed by atoms with van der Waals surface area (Å²) < 4.78 is 12.7. The van der Waals surface area contributed by atoms with E-state index in [4.69, 9.17) is 5.11 Å². The van der Waals surface area contributed by atoms with Crippen LogP contribution in [-0.2, 0) is 6.42 Å². The Balaban J connectivity index is 2.44. The van der Waals surface area contributed by atoms with Gasteiger partial charge in [-0.25, -0.2) is 9.18 Å². The maximum atomic E-state index is 12.7. The zero-order valence-electron chi connectivity index (χ0n) is 6.83. The molecule has 1 aromatic rings. The van der Waals surface area contributed by atoms with Gasteiger partial charge in [-0.2, -0.15) is 0 Å². The van der Waals surface area contributed by atoms with Gasteiger partial charge in [0.15, 0.2) is 0 Å². The predicted octanol–water partition coefficient (Wildman–Crippen LogP) is 1.87. The minimum atomic E-state index is -0.981. The van der Waals surface area contributed by atoms with Gasteiger partial charge in [0, 0.05) is 6.54 Å². The van der Waals surface area contributed by atoms with E-state index in [2.05, 4.69) is 0 Å². The molecule has 0 aliphatic carbocycles. The summed E-state index contributed by atoms with van der Waals surface area (Å²) in [5.41, 5.74) is 1.37. The highest BCUT2D eigenvalue weighted by atomic mass is 19.1. The number of fused-ring (bicyclic) bond motifs is 1. The minimum Gasteiger partial charge on any atom is -0.465 e. The van der Waals surface area contributed by atoms with Crippen LogP contribution in [0.4, 0.5) is 14.9 Å². The number of anilines is 1. The number of hydrogen-bond acceptors (Lipinski definition) is 1. The molecule has 2 rings (SSSR count). The van der Waals surface area contributed by atoms with E-state index in [-0.39, 0.29) is 5.82 Å². The molecule has 13 heavy (non-hydrogen) atoms. The molecule has 0 saturated heterocycles. The van der Waals surface area contributed by atoms with Gasteiger partial charge in [-0.1, -0.05) is 0 Å². The largest absolute Gasteiger partial charge is 0.465 e. The second kappa shape index (κ2) is 2.73. The monoisotopic (exact) mass is 181 g/mol. The van der Waals surface area contributed by atoms with Gasteiger partial charge in [-0.3, -0.25) is 4.90 Å². The summed E-state index contributed by atoms with van der Waals surface area (Å²) in [6, 6.07) is 4.17. The fraction of sp³-hybridized carbons (Fsp3) is 0.222. The molecule has 0 spiro atoms. The van der Waals surface area contributed by atoms with E-state index in [0.717, 1.165) is 5.56 Å². The Kier molecular flexibility index (Phi) is 1.69. The normalized spacial score (nSPS) is 14.4. The predicted molar refractivity (Wildman–Crippen MR) is 45.5 cm³/mol. The van der Waals surface area contributed by atoms with Crippen molar-refractivity contribution in [2.75, 3.05) is 11.4 Å². The van der Waals surface area contributed by atoms with Crippen molar-refractivity contribution in [3.05, 3.63) is 29.6 Å². The van der Waals surface area contributed by atoms with Gasteiger partial charge >= 0.3 is 6.09 Å². The van der Waals surface area contributed by atoms with Crippen LogP contribution < -0.4 is 4.90 Å². The summed E-state index contributed by atoms with van der Waals surface area (Å²) in [5.74, 6) is -0.314. The molecule has 0 saturated carbocycles. The van der Waals surface area contributed by atoms with Crippen molar-refractivity contribution in [3.63, 3.8) is 0 Å². The van der Waals surface area contributed by atoms with Crippen molar-refractivity contribution < 1.29 is 14.3 Å². The van der Waals surface area contributed by atoms with Gasteiger partial charge in [-0.15, -0.1) is 0 Å². The van der Waals surface area contributed by atoms with Crippen LogP contribution in [0.2, 0.25) is 0 Å². The van der Waals surface area contributed by atoms with Crippen molar-refractivity contribution in [2.24, 2.45) is 0 Å². The van der Waals surface area contributed by atoms with Crippen LogP contribution in [0.25, 0.3) is 0 Å². The van der Waals surface area contributed by atoms with Crippen LogP contribution in [0.1, 0.15) is 5.56 Å². The Hall–Kier alpha value is -1.58. The summed E-state index contributed by atoms with van der Waals surface area (Å²) >= 11 is 0. The first-order valence-corrected chi connectivity index (χ1v) is 3.97. The van der Waals surface area contributed by atoms with Crippen LogP contribution >= 0.6 is 0 Å². The first-order chi connectivity index (χ1) is 6.18. The van der Waals surface area contributed by atoms with Crippen LogP contribution in [0, 0.1) is 5.82 Å². The van der Waals surface area contributed by atoms with Gasteiger partial charge in [0.2, 0.25) is 0 Å². The molecule has 4 heteroatoms. The lowest BCUT2D eigenvalue weighted by atomic mass is 10.2. The zero-order valence-corrected chi connectivity index (χ0v) is 6.83. The Morgan fingerprint density at radius 1 is 1.54 bits per heavy atom. The standard InChI is InChI=1S/C9H8FNO2/c10-7-1-2-8-6(5-7)3-4-11(8)9(12)13/h1-2,5H,3-4H2,(H,12,13). The third-order valence-electron chi connectivity index (χ3n) is 2.17. The lowest BCUT2D eigenvalue weighted by Gasteiger charge is -2.11. The van der Waals surface area contributed by atoms with Crippen LogP contribution in [0.15, 0.2) is 18.2 Å². The molecule has 1 aromatic carbocycles. The van der Waals surface area contributed by atoms with Gasteiger partial charge < -0.3 is 5.11 Å². The number of carboxylic acid groups (broad SMARTS) is 1. The molecular formula is C9H8FNO2. The number of benzene rings is 1. The summed E-state index contributed by atoms with van der Waals surface area (Å²) in [6.07, 6.45) is -0.385. The van der Waals surface area contributed by atoms with Crippen LogP contribution in [0.3, 0.4) is 0 Å². The molecule has 1 aliphatic rings. The van der Waals surface area contributed by atoms with Crippen molar-refractivity contribution in [1.82, 2.24) is 0 Å². The Bertz CT molecular complexity index is 365. The molecule has 0 bridgehead atoms. The van der Waals surface area contributed by atoms with Gasteiger partial charge in [0.25, 0.3) is 0 Å². The van der Waals surface area contributed by atoms with E-state index in [1.54, 1.807) is 0 Å². The van der Waals surface area contributed by atoms with E-state index >= 15 is 0 Å². The molecule has 68 valence electrons. The molecule has 0 atom stereocenters. The second-order valence-electron chi connectivity index (χ2n) is 2.96. The van der Waals surface area contributed by atoms with Crippen molar-refractivity contribution in [2.45, 2.75) is 6.42 Å². The average Bonchev–Trinajstić information content (AvgIpc) is 2.46. The molecule has 1 aliphatic heterocycles. The van der Waals surface area contributed by atoms with Gasteiger partial charge in [-0.05, 0) is 30.2 Å². The third kappa shape index (κ3) is 1.24. The Morgan fingerprint density at radius 3 is 3.00 bits per heavy atom. The smallest absolute Gasteiger partial charge is 0.411 e. The Morgan fingerprint density at radius 2 is 2.31 bits per heavy atom. The highest BCUT2D eigenvalue weighted by molar-refractivity contribution is 5.88. The summed E-state index contributed by atoms with van der Waals surface area (Å²) in [6.45, 7) is 0.425. The van der Waals surface area contributed by atoms with Gasteiger partial charge in [0.05, 0.1) is 5.69 Å². The molecule has 0 aromatic heterocycles. The molecule has 3 nitrogen and oxygen atoms in total. The molecular weight excluding hydrogens is 173 g/mol. The maximum absolute atomic E-state index is 12.7. The minimum absolute atomic E-state index is 0.314. The topological polar surface area (TPSA) is 40.5 Å². The fourth-order valence-electron chi connectivity index (χ4n) is 1.57. The lowest BCUT2D eigenvalue weighted by molar-refractivity contribution is 0.202. The Labute approximate surface area is 74.4 Å². The second-order valence-corrected chi connectivity index (χ2v) is 2.96. The van der Waals surface area contributed by atoms with E-state index in [1.165, 1.54) is 23.1 Å². The summed E-state index contributed by atoms with van der Waals surface area (Å²) in [4.78, 5) is 11.9. The molecule has 1 N–H and O–H groups in total. The number of rotatable bonds is 0. The SMILES string of the molecule is O=C(O)N1CCc2cc(F)ccc21. The van der Waals surface area contributed by atoms with Crippen molar-refractivity contribution in [3.8, 4) is 0 Å². The molecule has 0 unspecified atom stereocenters. The first-order valence-electron chi connectivity index (χ1n) is 3.97. The molecule has 0 fully saturated rings. The highest BCUT2D eigenvalue weighted by Gasteiger charge is 2.23. The number of amides is 1. The number of carbonyl (C=O) groups is 1.